The van der Waals surface area contributed by atoms with Gasteiger partial charge in [-0.3, -0.25) is 4.98 Å². The Morgan fingerprint density at radius 2 is 1.91 bits per heavy atom. The standard InChI is InChI=1S/C18H25N3O/c1-13-9-14(2)18(22-4)16(10-13)12-20-7-8-21-17-5-6-19-11-15(17)3/h5-6,9-11,20H,7-8,12H2,1-4H3,(H,19,21). The second-order valence-electron chi connectivity index (χ2n) is 5.57. The molecule has 1 aromatic carbocycles. The van der Waals surface area contributed by atoms with Gasteiger partial charge in [0.2, 0.25) is 0 Å². The fourth-order valence-electron chi connectivity index (χ4n) is 2.65. The summed E-state index contributed by atoms with van der Waals surface area (Å²) in [5.74, 6) is 0.982. The molecular formula is C18H25N3O. The van der Waals surface area contributed by atoms with Crippen molar-refractivity contribution in [2.24, 2.45) is 0 Å². The maximum absolute atomic E-state index is 5.51. The molecule has 0 bridgehead atoms. The number of ether oxygens (including phenoxy) is 1. The highest BCUT2D eigenvalue weighted by atomic mass is 16.5. The predicted octanol–water partition coefficient (Wildman–Crippen LogP) is 3.22. The van der Waals surface area contributed by atoms with Gasteiger partial charge in [0.25, 0.3) is 0 Å². The maximum Gasteiger partial charge on any atom is 0.126 e. The zero-order valence-corrected chi connectivity index (χ0v) is 13.9. The third kappa shape index (κ3) is 4.21. The summed E-state index contributed by atoms with van der Waals surface area (Å²) in [6, 6.07) is 6.33. The van der Waals surface area contributed by atoms with Crippen LogP contribution in [-0.4, -0.2) is 25.2 Å². The summed E-state index contributed by atoms with van der Waals surface area (Å²) in [6.07, 6.45) is 3.68. The minimum absolute atomic E-state index is 0.808. The fourth-order valence-corrected chi connectivity index (χ4v) is 2.65. The number of pyridine rings is 1. The highest BCUT2D eigenvalue weighted by Gasteiger charge is 2.07. The minimum Gasteiger partial charge on any atom is -0.496 e. The van der Waals surface area contributed by atoms with Gasteiger partial charge in [0.1, 0.15) is 5.75 Å². The van der Waals surface area contributed by atoms with E-state index in [-0.39, 0.29) is 0 Å². The summed E-state index contributed by atoms with van der Waals surface area (Å²) in [5.41, 5.74) is 5.96. The number of aromatic nitrogens is 1. The smallest absolute Gasteiger partial charge is 0.126 e. The molecule has 0 unspecified atom stereocenters. The Kier molecular flexibility index (Phi) is 5.78. The summed E-state index contributed by atoms with van der Waals surface area (Å²) in [4.78, 5) is 4.10. The van der Waals surface area contributed by atoms with Crippen LogP contribution >= 0.6 is 0 Å². The summed E-state index contributed by atoms with van der Waals surface area (Å²) in [6.45, 7) is 8.83. The second-order valence-corrected chi connectivity index (χ2v) is 5.57. The van der Waals surface area contributed by atoms with Crippen LogP contribution in [0.3, 0.4) is 0 Å². The van der Waals surface area contributed by atoms with Gasteiger partial charge < -0.3 is 15.4 Å². The molecule has 0 fully saturated rings. The lowest BCUT2D eigenvalue weighted by atomic mass is 10.1. The Labute approximate surface area is 132 Å². The largest absolute Gasteiger partial charge is 0.496 e. The number of benzene rings is 1. The molecule has 1 heterocycles. The number of methoxy groups -OCH3 is 1. The first kappa shape index (κ1) is 16.3. The van der Waals surface area contributed by atoms with Crippen molar-refractivity contribution in [3.8, 4) is 5.75 Å². The number of nitrogens with zero attached hydrogens (tertiary/aromatic N) is 1. The fraction of sp³-hybridized carbons (Fsp3) is 0.389. The Balaban J connectivity index is 1.83. The molecule has 0 saturated carbocycles. The highest BCUT2D eigenvalue weighted by molar-refractivity contribution is 5.48. The molecule has 4 nitrogen and oxygen atoms in total. The van der Waals surface area contributed by atoms with Gasteiger partial charge in [0.05, 0.1) is 7.11 Å². The average Bonchev–Trinajstić information content (AvgIpc) is 2.48. The summed E-state index contributed by atoms with van der Waals surface area (Å²) in [5, 5.41) is 6.88. The van der Waals surface area contributed by atoms with Crippen molar-refractivity contribution in [2.45, 2.75) is 27.3 Å². The molecule has 0 aliphatic carbocycles. The molecule has 0 aliphatic rings. The van der Waals surface area contributed by atoms with Crippen LogP contribution < -0.4 is 15.4 Å². The summed E-state index contributed by atoms with van der Waals surface area (Å²) >= 11 is 0. The number of hydrogen-bond acceptors (Lipinski definition) is 4. The monoisotopic (exact) mass is 299 g/mol. The van der Waals surface area contributed by atoms with E-state index in [1.54, 1.807) is 7.11 Å². The SMILES string of the molecule is COc1c(C)cc(C)cc1CNCCNc1ccncc1C. The van der Waals surface area contributed by atoms with Gasteiger partial charge in [-0.15, -0.1) is 0 Å². The second kappa shape index (κ2) is 7.80. The lowest BCUT2D eigenvalue weighted by Gasteiger charge is -2.14. The highest BCUT2D eigenvalue weighted by Crippen LogP contribution is 2.24. The molecule has 2 aromatic rings. The van der Waals surface area contributed by atoms with Crippen LogP contribution in [0.1, 0.15) is 22.3 Å². The number of aryl methyl sites for hydroxylation is 3. The summed E-state index contributed by atoms with van der Waals surface area (Å²) in [7, 11) is 1.73. The van der Waals surface area contributed by atoms with Crippen LogP contribution in [-0.2, 0) is 6.54 Å². The Bertz CT molecular complexity index is 626. The van der Waals surface area contributed by atoms with E-state index in [4.69, 9.17) is 4.74 Å². The van der Waals surface area contributed by atoms with Gasteiger partial charge in [-0.05, 0) is 38.0 Å². The zero-order valence-electron chi connectivity index (χ0n) is 13.9. The minimum atomic E-state index is 0.808. The van der Waals surface area contributed by atoms with Crippen LogP contribution in [0.15, 0.2) is 30.6 Å². The summed E-state index contributed by atoms with van der Waals surface area (Å²) < 4.78 is 5.51. The van der Waals surface area contributed by atoms with Crippen molar-refractivity contribution in [2.75, 3.05) is 25.5 Å². The molecule has 4 heteroatoms. The third-order valence-electron chi connectivity index (χ3n) is 3.65. The molecule has 0 amide bonds. The number of rotatable bonds is 7. The molecule has 0 radical (unpaired) electrons. The van der Waals surface area contributed by atoms with E-state index < -0.39 is 0 Å². The molecule has 0 aliphatic heterocycles. The van der Waals surface area contributed by atoms with Crippen molar-refractivity contribution in [3.63, 3.8) is 0 Å². The van der Waals surface area contributed by atoms with Crippen molar-refractivity contribution in [3.05, 3.63) is 52.8 Å². The quantitative estimate of drug-likeness (QED) is 0.771. The Morgan fingerprint density at radius 3 is 2.64 bits per heavy atom. The molecule has 118 valence electrons. The molecule has 22 heavy (non-hydrogen) atoms. The number of anilines is 1. The van der Waals surface area contributed by atoms with Crippen LogP contribution in [0.25, 0.3) is 0 Å². The third-order valence-corrected chi connectivity index (χ3v) is 3.65. The normalized spacial score (nSPS) is 10.5. The maximum atomic E-state index is 5.51. The van der Waals surface area contributed by atoms with E-state index in [0.717, 1.165) is 31.1 Å². The van der Waals surface area contributed by atoms with Crippen molar-refractivity contribution < 1.29 is 4.74 Å². The van der Waals surface area contributed by atoms with E-state index in [9.17, 15) is 0 Å². The first-order chi connectivity index (χ1) is 10.6. The lowest BCUT2D eigenvalue weighted by Crippen LogP contribution is -2.22. The van der Waals surface area contributed by atoms with Crippen LogP contribution in [0.4, 0.5) is 5.69 Å². The van der Waals surface area contributed by atoms with E-state index >= 15 is 0 Å². The van der Waals surface area contributed by atoms with Gasteiger partial charge in [0, 0.05) is 43.3 Å². The molecular weight excluding hydrogens is 274 g/mol. The number of hydrogen-bond donors (Lipinski definition) is 2. The van der Waals surface area contributed by atoms with Crippen molar-refractivity contribution in [1.82, 2.24) is 10.3 Å². The van der Waals surface area contributed by atoms with Crippen LogP contribution in [0, 0.1) is 20.8 Å². The molecule has 2 N–H and O–H groups in total. The van der Waals surface area contributed by atoms with Crippen LogP contribution in [0.5, 0.6) is 5.75 Å². The van der Waals surface area contributed by atoms with Gasteiger partial charge in [-0.25, -0.2) is 0 Å². The molecule has 0 saturated heterocycles. The number of nitrogens with one attached hydrogen (secondary N) is 2. The van der Waals surface area contributed by atoms with E-state index in [1.807, 2.05) is 18.5 Å². The van der Waals surface area contributed by atoms with Gasteiger partial charge in [-0.1, -0.05) is 17.7 Å². The van der Waals surface area contributed by atoms with E-state index in [2.05, 4.69) is 48.5 Å². The molecule has 2 rings (SSSR count). The van der Waals surface area contributed by atoms with Gasteiger partial charge in [0.15, 0.2) is 0 Å². The van der Waals surface area contributed by atoms with Crippen molar-refractivity contribution >= 4 is 5.69 Å². The predicted molar refractivity (Wildman–Crippen MR) is 91.6 cm³/mol. The Morgan fingerprint density at radius 1 is 1.09 bits per heavy atom. The van der Waals surface area contributed by atoms with Gasteiger partial charge >= 0.3 is 0 Å². The molecule has 1 aromatic heterocycles. The van der Waals surface area contributed by atoms with Gasteiger partial charge in [-0.2, -0.15) is 0 Å². The Hall–Kier alpha value is -2.07. The van der Waals surface area contributed by atoms with Crippen LogP contribution in [0.2, 0.25) is 0 Å². The van der Waals surface area contributed by atoms with E-state index in [1.165, 1.54) is 22.3 Å². The molecule has 0 spiro atoms. The van der Waals surface area contributed by atoms with Crippen molar-refractivity contribution in [1.29, 1.82) is 0 Å². The average molecular weight is 299 g/mol. The first-order valence-electron chi connectivity index (χ1n) is 7.61. The lowest BCUT2D eigenvalue weighted by molar-refractivity contribution is 0.404. The first-order valence-corrected chi connectivity index (χ1v) is 7.61. The zero-order chi connectivity index (χ0) is 15.9. The van der Waals surface area contributed by atoms with E-state index in [0.29, 0.717) is 0 Å². The molecule has 0 atom stereocenters. The topological polar surface area (TPSA) is 46.2 Å².